The van der Waals surface area contributed by atoms with E-state index in [1.165, 1.54) is 12.1 Å². The van der Waals surface area contributed by atoms with Gasteiger partial charge in [0.1, 0.15) is 17.0 Å². The number of aromatic nitrogens is 1. The lowest BCUT2D eigenvalue weighted by atomic mass is 9.90. The van der Waals surface area contributed by atoms with Crippen LogP contribution in [0.2, 0.25) is 5.15 Å². The fraction of sp³-hybridized carbons (Fsp3) is 0.625. The van der Waals surface area contributed by atoms with E-state index in [0.29, 0.717) is 12.8 Å². The number of carbonyl (C=O) groups excluding carboxylic acids is 1. The Hall–Kier alpha value is -1.41. The molecule has 138 valence electrons. The lowest BCUT2D eigenvalue weighted by Crippen LogP contribution is -2.52. The predicted molar refractivity (Wildman–Crippen MR) is 82.1 cm³/mol. The Morgan fingerprint density at radius 2 is 2.00 bits per heavy atom. The molecule has 0 aromatic carbocycles. The summed E-state index contributed by atoms with van der Waals surface area (Å²) in [5, 5.41) is 9.85. The van der Waals surface area contributed by atoms with Crippen LogP contribution in [0.4, 0.5) is 17.6 Å². The first-order valence-electron chi connectivity index (χ1n) is 7.99. The van der Waals surface area contributed by atoms with Crippen LogP contribution in [0.1, 0.15) is 41.7 Å². The summed E-state index contributed by atoms with van der Waals surface area (Å²) in [6.45, 7) is -0.898. The van der Waals surface area contributed by atoms with Crippen molar-refractivity contribution in [2.24, 2.45) is 0 Å². The number of amides is 1. The Morgan fingerprint density at radius 3 is 2.56 bits per heavy atom. The highest BCUT2D eigenvalue weighted by atomic mass is 35.5. The molecule has 1 spiro atoms. The molecular weight excluding hydrogens is 364 g/mol. The zero-order chi connectivity index (χ0) is 18.4. The number of nitrogens with zero attached hydrogens (tertiary/aromatic N) is 2. The van der Waals surface area contributed by atoms with Crippen LogP contribution in [0.25, 0.3) is 0 Å². The van der Waals surface area contributed by atoms with Crippen molar-refractivity contribution >= 4 is 17.5 Å². The number of hydrogen-bond donors (Lipinski definition) is 1. The first-order chi connectivity index (χ1) is 11.7. The van der Waals surface area contributed by atoms with E-state index in [1.54, 1.807) is 0 Å². The molecule has 1 aromatic heterocycles. The van der Waals surface area contributed by atoms with Crippen molar-refractivity contribution in [2.75, 3.05) is 6.54 Å². The molecule has 1 saturated carbocycles. The van der Waals surface area contributed by atoms with Gasteiger partial charge in [0.15, 0.2) is 0 Å². The van der Waals surface area contributed by atoms with Gasteiger partial charge in [-0.15, -0.1) is 0 Å². The molecule has 2 fully saturated rings. The summed E-state index contributed by atoms with van der Waals surface area (Å²) in [5.41, 5.74) is -1.43. The minimum atomic E-state index is -3.40. The van der Waals surface area contributed by atoms with Gasteiger partial charge in [-0.3, -0.25) is 4.79 Å². The molecule has 1 aliphatic heterocycles. The first-order valence-corrected chi connectivity index (χ1v) is 8.36. The average Bonchev–Trinajstić information content (AvgIpc) is 3.09. The van der Waals surface area contributed by atoms with Gasteiger partial charge in [-0.2, -0.15) is 0 Å². The normalized spacial score (nSPS) is 24.4. The number of halogens is 5. The largest absolute Gasteiger partial charge is 0.384 e. The van der Waals surface area contributed by atoms with Gasteiger partial charge in [-0.05, 0) is 24.5 Å². The van der Waals surface area contributed by atoms with Crippen molar-refractivity contribution in [3.05, 3.63) is 28.5 Å². The summed E-state index contributed by atoms with van der Waals surface area (Å²) in [5.74, 6) is -4.18. The van der Waals surface area contributed by atoms with Gasteiger partial charge in [0.25, 0.3) is 11.8 Å². The molecule has 4 nitrogen and oxygen atoms in total. The summed E-state index contributed by atoms with van der Waals surface area (Å²) >= 11 is 5.85. The second kappa shape index (κ2) is 6.39. The van der Waals surface area contributed by atoms with Crippen molar-refractivity contribution in [3.63, 3.8) is 0 Å². The predicted octanol–water partition coefficient (Wildman–Crippen LogP) is 3.31. The third-order valence-electron chi connectivity index (χ3n) is 5.05. The summed E-state index contributed by atoms with van der Waals surface area (Å²) < 4.78 is 53.1. The molecule has 9 heteroatoms. The van der Waals surface area contributed by atoms with Crippen molar-refractivity contribution in [3.8, 4) is 0 Å². The Labute approximate surface area is 146 Å². The Balaban J connectivity index is 1.91. The molecule has 1 N–H and O–H groups in total. The van der Waals surface area contributed by atoms with Crippen molar-refractivity contribution < 1.29 is 27.5 Å². The zero-order valence-electron chi connectivity index (χ0n) is 13.2. The Bertz CT molecular complexity index is 680. The second-order valence-corrected chi connectivity index (χ2v) is 6.97. The lowest BCUT2D eigenvalue weighted by Gasteiger charge is -2.36. The third kappa shape index (κ3) is 3.10. The fourth-order valence-electron chi connectivity index (χ4n) is 3.84. The van der Waals surface area contributed by atoms with Crippen LogP contribution >= 0.6 is 11.6 Å². The Kier molecular flexibility index (Phi) is 4.70. The number of carbonyl (C=O) groups is 1. The summed E-state index contributed by atoms with van der Waals surface area (Å²) in [7, 11) is 0. The number of rotatable bonds is 3. The molecule has 1 amide bonds. The average molecular weight is 381 g/mol. The smallest absolute Gasteiger partial charge is 0.292 e. The topological polar surface area (TPSA) is 53.4 Å². The maximum atomic E-state index is 14.1. The van der Waals surface area contributed by atoms with Gasteiger partial charge < -0.3 is 10.0 Å². The molecule has 2 heterocycles. The maximum absolute atomic E-state index is 14.1. The van der Waals surface area contributed by atoms with Gasteiger partial charge in [0.2, 0.25) is 6.43 Å². The standard InChI is InChI=1S/C16H17ClF4N2O2/c17-12-9(7-11(18)19)3-4-10(22-12)13(24)23-8-16(20,21)14(25)15(23)5-1-2-6-15/h3-4,11,14,25H,1-2,5-8H2. The van der Waals surface area contributed by atoms with Crippen LogP contribution in [0, 0.1) is 0 Å². The van der Waals surface area contributed by atoms with E-state index in [-0.39, 0.29) is 29.3 Å². The number of alkyl halides is 4. The molecule has 1 saturated heterocycles. The summed E-state index contributed by atoms with van der Waals surface area (Å²) in [4.78, 5) is 17.5. The maximum Gasteiger partial charge on any atom is 0.292 e. The third-order valence-corrected chi connectivity index (χ3v) is 5.38. The fourth-order valence-corrected chi connectivity index (χ4v) is 4.07. The summed E-state index contributed by atoms with van der Waals surface area (Å²) in [6.07, 6.45) is -3.31. The van der Waals surface area contributed by atoms with Crippen LogP contribution in [0.15, 0.2) is 12.1 Å². The van der Waals surface area contributed by atoms with Crippen molar-refractivity contribution in [2.45, 2.75) is 56.1 Å². The molecule has 0 radical (unpaired) electrons. The highest BCUT2D eigenvalue weighted by Gasteiger charge is 2.64. The molecule has 1 aliphatic carbocycles. The molecule has 2 aliphatic rings. The highest BCUT2D eigenvalue weighted by Crippen LogP contribution is 2.49. The molecule has 25 heavy (non-hydrogen) atoms. The van der Waals surface area contributed by atoms with E-state index in [1.807, 2.05) is 0 Å². The van der Waals surface area contributed by atoms with E-state index >= 15 is 0 Å². The molecule has 1 aromatic rings. The summed E-state index contributed by atoms with van der Waals surface area (Å²) in [6, 6.07) is 2.46. The van der Waals surface area contributed by atoms with Gasteiger partial charge >= 0.3 is 0 Å². The van der Waals surface area contributed by atoms with Gasteiger partial charge in [-0.25, -0.2) is 22.5 Å². The molecule has 0 bridgehead atoms. The number of aliphatic hydroxyl groups is 1. The number of pyridine rings is 1. The van der Waals surface area contributed by atoms with E-state index in [2.05, 4.69) is 4.98 Å². The molecule has 3 rings (SSSR count). The van der Waals surface area contributed by atoms with Crippen LogP contribution in [-0.4, -0.2) is 51.4 Å². The quantitative estimate of drug-likeness (QED) is 0.646. The minimum Gasteiger partial charge on any atom is -0.384 e. The van der Waals surface area contributed by atoms with E-state index in [0.717, 1.165) is 4.90 Å². The molecule has 1 atom stereocenters. The Morgan fingerprint density at radius 1 is 1.36 bits per heavy atom. The van der Waals surface area contributed by atoms with Gasteiger partial charge in [0, 0.05) is 6.42 Å². The number of hydrogen-bond acceptors (Lipinski definition) is 3. The van der Waals surface area contributed by atoms with Gasteiger partial charge in [0.05, 0.1) is 12.1 Å². The van der Waals surface area contributed by atoms with Crippen LogP contribution < -0.4 is 0 Å². The first kappa shape index (κ1) is 18.4. The lowest BCUT2D eigenvalue weighted by molar-refractivity contribution is -0.0959. The van der Waals surface area contributed by atoms with E-state index in [4.69, 9.17) is 11.6 Å². The number of likely N-dealkylation sites (tertiary alicyclic amines) is 1. The minimum absolute atomic E-state index is 0.0792. The van der Waals surface area contributed by atoms with E-state index < -0.39 is 42.9 Å². The monoisotopic (exact) mass is 380 g/mol. The molecule has 1 unspecified atom stereocenters. The van der Waals surface area contributed by atoms with Crippen LogP contribution in [-0.2, 0) is 6.42 Å². The second-order valence-electron chi connectivity index (χ2n) is 6.61. The SMILES string of the molecule is O=C(c1ccc(CC(F)F)c(Cl)n1)N1CC(F)(F)C(O)C12CCCC2. The molecular formula is C16H17ClF4N2O2. The highest BCUT2D eigenvalue weighted by molar-refractivity contribution is 6.30. The van der Waals surface area contributed by atoms with Crippen LogP contribution in [0.5, 0.6) is 0 Å². The van der Waals surface area contributed by atoms with Crippen molar-refractivity contribution in [1.82, 2.24) is 9.88 Å². The van der Waals surface area contributed by atoms with Gasteiger partial charge in [-0.1, -0.05) is 30.5 Å². The van der Waals surface area contributed by atoms with E-state index in [9.17, 15) is 27.5 Å². The zero-order valence-corrected chi connectivity index (χ0v) is 13.9. The van der Waals surface area contributed by atoms with Crippen molar-refractivity contribution in [1.29, 1.82) is 0 Å². The number of aliphatic hydroxyl groups excluding tert-OH is 1. The van der Waals surface area contributed by atoms with Crippen LogP contribution in [0.3, 0.4) is 0 Å².